The number of fused-ring (bicyclic) bond motifs is 1. The van der Waals surface area contributed by atoms with Gasteiger partial charge < -0.3 is 4.55 Å². The summed E-state index contributed by atoms with van der Waals surface area (Å²) in [7, 11) is 0. The first-order chi connectivity index (χ1) is 6.27. The molecule has 0 saturated heterocycles. The molecule has 2 rings (SSSR count). The Hall–Kier alpha value is -1.27. The molecular formula is C7H7N3O2S. The lowest BCUT2D eigenvalue weighted by Gasteiger charge is -1.95. The van der Waals surface area contributed by atoms with Crippen molar-refractivity contribution < 1.29 is 8.76 Å². The van der Waals surface area contributed by atoms with Crippen LogP contribution in [0.3, 0.4) is 0 Å². The molecule has 0 spiro atoms. The maximum atomic E-state index is 10.5. The SMILES string of the molecule is O=S(O)Cn1nnc2ccccc21. The fourth-order valence-electron chi connectivity index (χ4n) is 1.12. The molecule has 1 atom stereocenters. The van der Waals surface area contributed by atoms with E-state index in [0.29, 0.717) is 0 Å². The number of benzene rings is 1. The van der Waals surface area contributed by atoms with Crippen molar-refractivity contribution in [3.05, 3.63) is 24.3 Å². The van der Waals surface area contributed by atoms with Crippen LogP contribution < -0.4 is 0 Å². The molecular weight excluding hydrogens is 190 g/mol. The number of para-hydroxylation sites is 1. The molecule has 5 nitrogen and oxygen atoms in total. The van der Waals surface area contributed by atoms with E-state index in [-0.39, 0.29) is 5.88 Å². The van der Waals surface area contributed by atoms with Crippen molar-refractivity contribution in [1.29, 1.82) is 0 Å². The van der Waals surface area contributed by atoms with E-state index in [1.54, 1.807) is 6.07 Å². The second-order valence-electron chi connectivity index (χ2n) is 2.53. The number of nitrogens with zero attached hydrogens (tertiary/aromatic N) is 3. The Morgan fingerprint density at radius 2 is 2.23 bits per heavy atom. The van der Waals surface area contributed by atoms with E-state index >= 15 is 0 Å². The molecule has 1 heterocycles. The molecule has 0 aliphatic rings. The van der Waals surface area contributed by atoms with E-state index in [2.05, 4.69) is 10.3 Å². The second-order valence-corrected chi connectivity index (χ2v) is 3.43. The Morgan fingerprint density at radius 1 is 1.46 bits per heavy atom. The molecule has 1 aromatic carbocycles. The molecule has 0 saturated carbocycles. The predicted molar refractivity (Wildman–Crippen MR) is 48.3 cm³/mol. The lowest BCUT2D eigenvalue weighted by Crippen LogP contribution is -2.04. The van der Waals surface area contributed by atoms with Gasteiger partial charge in [-0.25, -0.2) is 8.89 Å². The van der Waals surface area contributed by atoms with Gasteiger partial charge in [0.05, 0.1) is 5.52 Å². The maximum Gasteiger partial charge on any atom is 0.175 e. The first-order valence-corrected chi connectivity index (χ1v) is 4.90. The van der Waals surface area contributed by atoms with Crippen molar-refractivity contribution >= 4 is 22.1 Å². The molecule has 0 fully saturated rings. The molecule has 1 N–H and O–H groups in total. The highest BCUT2D eigenvalue weighted by Crippen LogP contribution is 2.09. The molecule has 0 amide bonds. The van der Waals surface area contributed by atoms with E-state index < -0.39 is 11.1 Å². The molecule has 0 radical (unpaired) electrons. The van der Waals surface area contributed by atoms with Crippen molar-refractivity contribution in [2.75, 3.05) is 0 Å². The minimum Gasteiger partial charge on any atom is -0.305 e. The number of aromatic nitrogens is 3. The summed E-state index contributed by atoms with van der Waals surface area (Å²) in [4.78, 5) is 0. The quantitative estimate of drug-likeness (QED) is 0.716. The summed E-state index contributed by atoms with van der Waals surface area (Å²) in [5.74, 6) is -0.0412. The van der Waals surface area contributed by atoms with E-state index in [1.165, 1.54) is 4.68 Å². The van der Waals surface area contributed by atoms with Crippen molar-refractivity contribution in [3.63, 3.8) is 0 Å². The summed E-state index contributed by atoms with van der Waals surface area (Å²) in [6.07, 6.45) is 0. The molecule has 13 heavy (non-hydrogen) atoms. The average molecular weight is 197 g/mol. The van der Waals surface area contributed by atoms with Gasteiger partial charge in [0.1, 0.15) is 11.4 Å². The summed E-state index contributed by atoms with van der Waals surface area (Å²) in [6, 6.07) is 7.29. The van der Waals surface area contributed by atoms with Gasteiger partial charge in [0.15, 0.2) is 11.1 Å². The summed E-state index contributed by atoms with van der Waals surface area (Å²) in [5, 5.41) is 7.59. The third-order valence-corrected chi connectivity index (χ3v) is 2.12. The molecule has 2 aromatic rings. The van der Waals surface area contributed by atoms with Crippen LogP contribution in [0, 0.1) is 0 Å². The van der Waals surface area contributed by atoms with Crippen LogP contribution in [0.2, 0.25) is 0 Å². The summed E-state index contributed by atoms with van der Waals surface area (Å²) in [6.45, 7) is 0. The topological polar surface area (TPSA) is 68.0 Å². The normalized spacial score (nSPS) is 13.3. The van der Waals surface area contributed by atoms with Crippen LogP contribution >= 0.6 is 0 Å². The fourth-order valence-corrected chi connectivity index (χ4v) is 1.52. The highest BCUT2D eigenvalue weighted by Gasteiger charge is 2.04. The van der Waals surface area contributed by atoms with Crippen molar-refractivity contribution in [3.8, 4) is 0 Å². The first-order valence-electron chi connectivity index (χ1n) is 3.63. The van der Waals surface area contributed by atoms with Crippen LogP contribution in [0.15, 0.2) is 24.3 Å². The predicted octanol–water partition coefficient (Wildman–Crippen LogP) is 0.610. The zero-order valence-electron chi connectivity index (χ0n) is 6.62. The van der Waals surface area contributed by atoms with E-state index in [1.807, 2.05) is 18.2 Å². The standard InChI is InChI=1S/C7H7N3O2S/c11-13(12)5-10-7-4-2-1-3-6(7)8-9-10/h1-4H,5H2,(H,11,12). The molecule has 1 aromatic heterocycles. The molecule has 1 unspecified atom stereocenters. The average Bonchev–Trinajstić information content (AvgIpc) is 2.48. The van der Waals surface area contributed by atoms with Gasteiger partial charge in [-0.2, -0.15) is 0 Å². The highest BCUT2D eigenvalue weighted by molar-refractivity contribution is 7.78. The van der Waals surface area contributed by atoms with Gasteiger partial charge >= 0.3 is 0 Å². The first kappa shape index (κ1) is 8.33. The lowest BCUT2D eigenvalue weighted by molar-refractivity contribution is 0.544. The zero-order valence-corrected chi connectivity index (χ0v) is 7.44. The molecule has 6 heteroatoms. The van der Waals surface area contributed by atoms with Crippen LogP contribution in [-0.2, 0) is 17.0 Å². The van der Waals surface area contributed by atoms with Gasteiger partial charge in [-0.3, -0.25) is 0 Å². The van der Waals surface area contributed by atoms with Crippen LogP contribution in [-0.4, -0.2) is 23.8 Å². The van der Waals surface area contributed by atoms with Gasteiger partial charge in [-0.05, 0) is 12.1 Å². The van der Waals surface area contributed by atoms with Gasteiger partial charge in [0.2, 0.25) is 0 Å². The van der Waals surface area contributed by atoms with E-state index in [4.69, 9.17) is 4.55 Å². The summed E-state index contributed by atoms with van der Waals surface area (Å²) < 4.78 is 20.6. The minimum absolute atomic E-state index is 0.0412. The van der Waals surface area contributed by atoms with Crippen LogP contribution in [0.4, 0.5) is 0 Å². The molecule has 68 valence electrons. The third-order valence-electron chi connectivity index (χ3n) is 1.65. The van der Waals surface area contributed by atoms with Crippen molar-refractivity contribution in [1.82, 2.24) is 15.0 Å². The van der Waals surface area contributed by atoms with Crippen LogP contribution in [0.1, 0.15) is 0 Å². The molecule has 0 bridgehead atoms. The number of hydrogen-bond donors (Lipinski definition) is 1. The Bertz CT molecular complexity index is 454. The smallest absolute Gasteiger partial charge is 0.175 e. The summed E-state index contributed by atoms with van der Waals surface area (Å²) >= 11 is -1.89. The number of hydrogen-bond acceptors (Lipinski definition) is 3. The second kappa shape index (κ2) is 3.23. The Labute approximate surface area is 76.7 Å². The lowest BCUT2D eigenvalue weighted by atomic mass is 10.3. The monoisotopic (exact) mass is 197 g/mol. The van der Waals surface area contributed by atoms with Crippen molar-refractivity contribution in [2.24, 2.45) is 0 Å². The van der Waals surface area contributed by atoms with Gasteiger partial charge in [-0.15, -0.1) is 5.10 Å². The van der Waals surface area contributed by atoms with E-state index in [9.17, 15) is 4.21 Å². The maximum absolute atomic E-state index is 10.5. The largest absolute Gasteiger partial charge is 0.305 e. The Balaban J connectivity index is 2.51. The number of rotatable bonds is 2. The molecule has 0 aliphatic carbocycles. The van der Waals surface area contributed by atoms with Gasteiger partial charge in [0, 0.05) is 0 Å². The van der Waals surface area contributed by atoms with E-state index in [0.717, 1.165) is 11.0 Å². The zero-order chi connectivity index (χ0) is 9.26. The van der Waals surface area contributed by atoms with Crippen molar-refractivity contribution in [2.45, 2.75) is 5.88 Å². The molecule has 0 aliphatic heterocycles. The fraction of sp³-hybridized carbons (Fsp3) is 0.143. The summed E-state index contributed by atoms with van der Waals surface area (Å²) in [5.41, 5.74) is 1.50. The van der Waals surface area contributed by atoms with Gasteiger partial charge in [-0.1, -0.05) is 17.3 Å². The third kappa shape index (κ3) is 1.58. The van der Waals surface area contributed by atoms with Crippen LogP contribution in [0.25, 0.3) is 11.0 Å². The Kier molecular flexibility index (Phi) is 2.07. The van der Waals surface area contributed by atoms with Crippen LogP contribution in [0.5, 0.6) is 0 Å². The Morgan fingerprint density at radius 3 is 3.00 bits per heavy atom. The minimum atomic E-state index is -1.89. The van der Waals surface area contributed by atoms with Gasteiger partial charge in [0.25, 0.3) is 0 Å². The highest BCUT2D eigenvalue weighted by atomic mass is 32.2.